The van der Waals surface area contributed by atoms with E-state index >= 15 is 0 Å². The van der Waals surface area contributed by atoms with E-state index in [9.17, 15) is 4.79 Å². The minimum Gasteiger partial charge on any atom is -0.444 e. The van der Waals surface area contributed by atoms with E-state index in [1.54, 1.807) is 0 Å². The number of hydrogen-bond acceptors (Lipinski definition) is 4. The van der Waals surface area contributed by atoms with Crippen molar-refractivity contribution in [2.75, 3.05) is 6.54 Å². The van der Waals surface area contributed by atoms with Gasteiger partial charge in [0.1, 0.15) is 5.60 Å². The monoisotopic (exact) mass is 296 g/mol. The number of nitrogens with zero attached hydrogens (tertiary/aromatic N) is 2. The second kappa shape index (κ2) is 7.45. The first-order valence-electron chi connectivity index (χ1n) is 7.40. The highest BCUT2D eigenvalue weighted by atomic mass is 16.6. The Hall–Kier alpha value is -1.56. The van der Waals surface area contributed by atoms with E-state index in [1.165, 1.54) is 0 Å². The van der Waals surface area contributed by atoms with Crippen LogP contribution in [-0.4, -0.2) is 33.8 Å². The number of nitrogens with one attached hydrogen (secondary N) is 2. The number of hydrogen-bond donors (Lipinski definition) is 2. The highest BCUT2D eigenvalue weighted by molar-refractivity contribution is 5.67. The predicted octanol–water partition coefficient (Wildman–Crippen LogP) is 2.47. The van der Waals surface area contributed by atoms with Crippen molar-refractivity contribution >= 4 is 6.09 Å². The van der Waals surface area contributed by atoms with E-state index in [-0.39, 0.29) is 12.1 Å². The first-order valence-corrected chi connectivity index (χ1v) is 7.40. The lowest BCUT2D eigenvalue weighted by atomic mass is 10.2. The molecule has 1 heterocycles. The summed E-state index contributed by atoms with van der Waals surface area (Å²) in [5.74, 6) is 0. The van der Waals surface area contributed by atoms with E-state index < -0.39 is 5.60 Å². The molecule has 0 aliphatic rings. The summed E-state index contributed by atoms with van der Waals surface area (Å²) in [6, 6.07) is 0.535. The molecule has 6 nitrogen and oxygen atoms in total. The van der Waals surface area contributed by atoms with Crippen LogP contribution in [-0.2, 0) is 11.3 Å². The van der Waals surface area contributed by atoms with Crippen molar-refractivity contribution in [3.05, 3.63) is 18.2 Å². The molecule has 1 amide bonds. The van der Waals surface area contributed by atoms with Gasteiger partial charge in [0.15, 0.2) is 0 Å². The third-order valence-electron chi connectivity index (χ3n) is 2.89. The van der Waals surface area contributed by atoms with Crippen LogP contribution in [0.2, 0.25) is 0 Å². The van der Waals surface area contributed by atoms with Gasteiger partial charge in [-0.15, -0.1) is 0 Å². The highest BCUT2D eigenvalue weighted by Crippen LogP contribution is 2.09. The molecule has 0 saturated carbocycles. The topological polar surface area (TPSA) is 68.2 Å². The van der Waals surface area contributed by atoms with E-state index in [1.807, 2.05) is 40.2 Å². The Morgan fingerprint density at radius 3 is 2.62 bits per heavy atom. The Morgan fingerprint density at radius 1 is 1.38 bits per heavy atom. The summed E-state index contributed by atoms with van der Waals surface area (Å²) in [5.41, 5.74) is 0.666. The van der Waals surface area contributed by atoms with Crippen molar-refractivity contribution in [2.45, 2.75) is 65.8 Å². The summed E-state index contributed by atoms with van der Waals surface area (Å²) >= 11 is 0. The van der Waals surface area contributed by atoms with Gasteiger partial charge >= 0.3 is 6.09 Å². The highest BCUT2D eigenvalue weighted by Gasteiger charge is 2.16. The quantitative estimate of drug-likeness (QED) is 0.846. The molecular formula is C15H28N4O2. The minimum atomic E-state index is -0.468. The molecule has 21 heavy (non-hydrogen) atoms. The maximum atomic E-state index is 11.6. The van der Waals surface area contributed by atoms with Gasteiger partial charge in [0.05, 0.1) is 12.0 Å². The molecule has 0 saturated heterocycles. The van der Waals surface area contributed by atoms with Gasteiger partial charge in [-0.3, -0.25) is 0 Å². The lowest BCUT2D eigenvalue weighted by Gasteiger charge is -2.21. The van der Waals surface area contributed by atoms with Crippen molar-refractivity contribution in [3.8, 4) is 0 Å². The summed E-state index contributed by atoms with van der Waals surface area (Å²) in [6.07, 6.45) is 3.31. The second-order valence-corrected chi connectivity index (χ2v) is 6.55. The summed E-state index contributed by atoms with van der Waals surface area (Å²) in [4.78, 5) is 15.7. The molecule has 1 aromatic rings. The van der Waals surface area contributed by atoms with Crippen LogP contribution in [0, 0.1) is 0 Å². The van der Waals surface area contributed by atoms with E-state index in [0.717, 1.165) is 12.2 Å². The lowest BCUT2D eigenvalue weighted by molar-refractivity contribution is 0.0523. The molecule has 120 valence electrons. The summed E-state index contributed by atoms with van der Waals surface area (Å²) in [6.45, 7) is 13.1. The number of ether oxygens (including phenoxy) is 1. The van der Waals surface area contributed by atoms with Crippen LogP contribution in [0.4, 0.5) is 4.79 Å². The van der Waals surface area contributed by atoms with Crippen molar-refractivity contribution in [2.24, 2.45) is 0 Å². The van der Waals surface area contributed by atoms with Gasteiger partial charge in [-0.25, -0.2) is 9.78 Å². The van der Waals surface area contributed by atoms with Crippen LogP contribution in [0.1, 0.15) is 53.3 Å². The average molecular weight is 296 g/mol. The van der Waals surface area contributed by atoms with Crippen LogP contribution < -0.4 is 10.6 Å². The number of amides is 1. The maximum Gasteiger partial charge on any atom is 0.407 e. The van der Waals surface area contributed by atoms with E-state index in [0.29, 0.717) is 12.6 Å². The van der Waals surface area contributed by atoms with Crippen LogP contribution in [0.25, 0.3) is 0 Å². The van der Waals surface area contributed by atoms with E-state index in [2.05, 4.69) is 34.0 Å². The zero-order chi connectivity index (χ0) is 16.0. The summed E-state index contributed by atoms with van der Waals surface area (Å²) in [7, 11) is 0. The van der Waals surface area contributed by atoms with Gasteiger partial charge in [-0.2, -0.15) is 0 Å². The van der Waals surface area contributed by atoms with Crippen LogP contribution in [0.5, 0.6) is 0 Å². The standard InChI is InChI=1S/C15H28N4O2/c1-11(2)19-10-16-8-13(19)9-17-12(3)7-18-14(20)21-15(4,5)6/h8,10-12,17H,7,9H2,1-6H3,(H,18,20). The van der Waals surface area contributed by atoms with Crippen LogP contribution in [0.3, 0.4) is 0 Å². The fourth-order valence-corrected chi connectivity index (χ4v) is 1.84. The van der Waals surface area contributed by atoms with Gasteiger partial charge in [-0.1, -0.05) is 0 Å². The molecule has 0 spiro atoms. The molecule has 2 N–H and O–H groups in total. The smallest absolute Gasteiger partial charge is 0.407 e. The molecule has 0 aliphatic heterocycles. The third kappa shape index (κ3) is 6.62. The van der Waals surface area contributed by atoms with Gasteiger partial charge in [0.25, 0.3) is 0 Å². The number of imidazole rings is 1. The molecule has 0 aromatic carbocycles. The molecule has 1 rings (SSSR count). The molecular weight excluding hydrogens is 268 g/mol. The molecule has 0 aliphatic carbocycles. The summed E-state index contributed by atoms with van der Waals surface area (Å²) < 4.78 is 7.32. The number of aromatic nitrogens is 2. The SMILES string of the molecule is CC(CNC(=O)OC(C)(C)C)NCc1cncn1C(C)C. The zero-order valence-corrected chi connectivity index (χ0v) is 13.9. The fraction of sp³-hybridized carbons (Fsp3) is 0.733. The third-order valence-corrected chi connectivity index (χ3v) is 2.89. The van der Waals surface area contributed by atoms with Gasteiger partial charge in [-0.05, 0) is 41.5 Å². The molecule has 1 atom stereocenters. The van der Waals surface area contributed by atoms with Gasteiger partial charge < -0.3 is 19.9 Å². The van der Waals surface area contributed by atoms with E-state index in [4.69, 9.17) is 4.74 Å². The van der Waals surface area contributed by atoms with Crippen molar-refractivity contribution in [1.29, 1.82) is 0 Å². The van der Waals surface area contributed by atoms with Crippen LogP contribution in [0.15, 0.2) is 12.5 Å². The number of rotatable bonds is 6. The minimum absolute atomic E-state index is 0.146. The molecule has 6 heteroatoms. The Balaban J connectivity index is 2.33. The number of alkyl carbamates (subject to hydrolysis) is 1. The molecule has 0 radical (unpaired) electrons. The molecule has 1 aromatic heterocycles. The van der Waals surface area contributed by atoms with Crippen molar-refractivity contribution in [3.63, 3.8) is 0 Å². The number of carbonyl (C=O) groups is 1. The molecule has 0 bridgehead atoms. The maximum absolute atomic E-state index is 11.6. The molecule has 0 fully saturated rings. The average Bonchev–Trinajstić information content (AvgIpc) is 2.80. The van der Waals surface area contributed by atoms with Crippen molar-refractivity contribution in [1.82, 2.24) is 20.2 Å². The number of carbonyl (C=O) groups excluding carboxylic acids is 1. The Kier molecular flexibility index (Phi) is 6.20. The predicted molar refractivity (Wildman–Crippen MR) is 83.2 cm³/mol. The zero-order valence-electron chi connectivity index (χ0n) is 13.9. The van der Waals surface area contributed by atoms with Gasteiger partial charge in [0, 0.05) is 31.4 Å². The first-order chi connectivity index (χ1) is 9.69. The van der Waals surface area contributed by atoms with Crippen LogP contribution >= 0.6 is 0 Å². The molecule has 1 unspecified atom stereocenters. The summed E-state index contributed by atoms with van der Waals surface area (Å²) in [5, 5.41) is 6.13. The largest absolute Gasteiger partial charge is 0.444 e. The Labute approximate surface area is 127 Å². The first kappa shape index (κ1) is 17.5. The van der Waals surface area contributed by atoms with Crippen molar-refractivity contribution < 1.29 is 9.53 Å². The fourth-order valence-electron chi connectivity index (χ4n) is 1.84. The normalized spacial score (nSPS) is 13.3. The Bertz CT molecular complexity index is 449. The second-order valence-electron chi connectivity index (χ2n) is 6.55. The lowest BCUT2D eigenvalue weighted by Crippen LogP contribution is -2.41. The Morgan fingerprint density at radius 2 is 2.05 bits per heavy atom. The van der Waals surface area contributed by atoms with Gasteiger partial charge in [0.2, 0.25) is 0 Å².